The zero-order valence-electron chi connectivity index (χ0n) is 14.9. The molecule has 17 nitrogen and oxygen atoms in total. The van der Waals surface area contributed by atoms with Crippen molar-refractivity contribution in [3.05, 3.63) is 12.7 Å². The third kappa shape index (κ3) is 5.70. The van der Waals surface area contributed by atoms with Crippen LogP contribution in [0.15, 0.2) is 12.7 Å². The number of imidazole rings is 1. The second-order valence-corrected chi connectivity index (χ2v) is 10.4. The van der Waals surface area contributed by atoms with Crippen molar-refractivity contribution in [3.63, 3.8) is 0 Å². The summed E-state index contributed by atoms with van der Waals surface area (Å²) >= 11 is 0. The highest BCUT2D eigenvalue weighted by Gasteiger charge is 2.48. The number of ether oxygens (including phenoxy) is 1. The van der Waals surface area contributed by atoms with Gasteiger partial charge in [0.15, 0.2) is 23.9 Å². The first-order chi connectivity index (χ1) is 14.2. The highest BCUT2D eigenvalue weighted by Crippen LogP contribution is 2.66. The third-order valence-corrected chi connectivity index (χ3v) is 7.57. The second kappa shape index (κ2) is 8.51. The van der Waals surface area contributed by atoms with Crippen molar-refractivity contribution in [3.8, 4) is 0 Å². The van der Waals surface area contributed by atoms with Crippen LogP contribution in [0.4, 0.5) is 10.2 Å². The molecule has 1 fully saturated rings. The lowest BCUT2D eigenvalue weighted by Gasteiger charge is -2.18. The predicted molar refractivity (Wildman–Crippen MR) is 94.4 cm³/mol. The SMILES string of the molecule is Nc1ncnc2c1ncn2[C@@H]1O[C@H](COP(=O)(O)OP(=O)(O)OP(=O)(O)O)[C@@H](F)[C@H]1O. The van der Waals surface area contributed by atoms with E-state index in [1.807, 2.05) is 0 Å². The van der Waals surface area contributed by atoms with E-state index in [4.69, 9.17) is 25.2 Å². The molecule has 1 aliphatic rings. The van der Waals surface area contributed by atoms with E-state index in [2.05, 4.69) is 28.1 Å². The Morgan fingerprint density at radius 2 is 1.81 bits per heavy atom. The van der Waals surface area contributed by atoms with Crippen LogP contribution in [-0.4, -0.2) is 69.2 Å². The molecule has 6 atom stereocenters. The lowest BCUT2D eigenvalue weighted by molar-refractivity contribution is -0.0489. The summed E-state index contributed by atoms with van der Waals surface area (Å²) in [5.74, 6) is 0.0113. The maximum atomic E-state index is 14.4. The molecular weight excluding hydrogens is 494 g/mol. The van der Waals surface area contributed by atoms with Gasteiger partial charge in [0.1, 0.15) is 24.1 Å². The summed E-state index contributed by atoms with van der Waals surface area (Å²) < 4.78 is 65.9. The van der Waals surface area contributed by atoms with Crippen LogP contribution in [-0.2, 0) is 31.6 Å². The molecule has 0 aromatic carbocycles. The minimum atomic E-state index is -5.73. The number of halogens is 1. The highest BCUT2D eigenvalue weighted by atomic mass is 31.3. The van der Waals surface area contributed by atoms with Gasteiger partial charge < -0.3 is 35.2 Å². The minimum Gasteiger partial charge on any atom is -0.385 e. The molecule has 31 heavy (non-hydrogen) atoms. The fraction of sp³-hybridized carbons (Fsp3) is 0.500. The number of nitrogen functional groups attached to an aromatic ring is 1. The molecule has 3 heterocycles. The average Bonchev–Trinajstić information content (AvgIpc) is 3.13. The zero-order chi connectivity index (χ0) is 23.2. The van der Waals surface area contributed by atoms with Gasteiger partial charge in [0.05, 0.1) is 12.9 Å². The Balaban J connectivity index is 1.69. The van der Waals surface area contributed by atoms with Crippen molar-refractivity contribution in [2.24, 2.45) is 0 Å². The van der Waals surface area contributed by atoms with E-state index >= 15 is 0 Å². The number of hydrogen-bond acceptors (Lipinski definition) is 12. The van der Waals surface area contributed by atoms with Crippen molar-refractivity contribution < 1.29 is 60.6 Å². The van der Waals surface area contributed by atoms with Crippen molar-refractivity contribution >= 4 is 40.4 Å². The summed E-state index contributed by atoms with van der Waals surface area (Å²) in [5, 5.41) is 10.1. The Morgan fingerprint density at radius 3 is 2.45 bits per heavy atom. The molecule has 2 aromatic rings. The molecule has 0 bridgehead atoms. The molecule has 0 amide bonds. The number of phosphoric ester groups is 1. The van der Waals surface area contributed by atoms with Gasteiger partial charge in [-0.25, -0.2) is 33.0 Å². The highest BCUT2D eigenvalue weighted by molar-refractivity contribution is 7.66. The predicted octanol–water partition coefficient (Wildman–Crippen LogP) is -0.652. The number of alkyl halides is 1. The van der Waals surface area contributed by atoms with Crippen LogP contribution in [0.2, 0.25) is 0 Å². The molecule has 0 spiro atoms. The average molecular weight is 509 g/mol. The molecule has 0 saturated carbocycles. The van der Waals surface area contributed by atoms with Crippen LogP contribution in [0.5, 0.6) is 0 Å². The monoisotopic (exact) mass is 509 g/mol. The second-order valence-electron chi connectivity index (χ2n) is 5.97. The molecule has 3 rings (SSSR count). The van der Waals surface area contributed by atoms with Gasteiger partial charge in [-0.3, -0.25) is 9.09 Å². The van der Waals surface area contributed by atoms with Crippen LogP contribution in [0.3, 0.4) is 0 Å². The van der Waals surface area contributed by atoms with Gasteiger partial charge in [0.2, 0.25) is 0 Å². The first-order valence-electron chi connectivity index (χ1n) is 7.88. The maximum Gasteiger partial charge on any atom is 0.490 e. The lowest BCUT2D eigenvalue weighted by Crippen LogP contribution is -2.30. The summed E-state index contributed by atoms with van der Waals surface area (Å²) in [6, 6.07) is 0. The molecule has 0 radical (unpaired) electrons. The third-order valence-electron chi connectivity index (χ3n) is 3.77. The number of aliphatic hydroxyl groups is 1. The maximum absolute atomic E-state index is 14.4. The molecule has 7 N–H and O–H groups in total. The van der Waals surface area contributed by atoms with E-state index in [0.717, 1.165) is 17.2 Å². The molecular formula is C10H15FN5O12P3. The Labute approximate surface area is 171 Å². The number of fused-ring (bicyclic) bond motifs is 1. The molecule has 0 aliphatic carbocycles. The van der Waals surface area contributed by atoms with Crippen molar-refractivity contribution in [2.75, 3.05) is 12.3 Å². The number of phosphoric acid groups is 3. The summed E-state index contributed by atoms with van der Waals surface area (Å²) in [7, 11) is -16.8. The number of nitrogens with two attached hydrogens (primary N) is 1. The van der Waals surface area contributed by atoms with Gasteiger partial charge in [-0.15, -0.1) is 0 Å². The standard InChI is InChI=1S/C10H15FN5O12P3/c11-5-4(1-25-30(21,22)28-31(23,24)27-29(18,19)20)26-10(7(5)17)16-3-15-6-8(12)13-2-14-9(6)16/h2-5,7,10,17H,1H2,(H,21,22)(H,23,24)(H2,12,13,14)(H2,18,19,20)/t4-,5-,7-,10-/m1/s1. The van der Waals surface area contributed by atoms with Gasteiger partial charge in [0, 0.05) is 0 Å². The van der Waals surface area contributed by atoms with Crippen LogP contribution in [0.25, 0.3) is 11.2 Å². The van der Waals surface area contributed by atoms with Crippen LogP contribution in [0, 0.1) is 0 Å². The first-order valence-corrected chi connectivity index (χ1v) is 12.4. The minimum absolute atomic E-state index is 0.0113. The molecule has 2 unspecified atom stereocenters. The number of aliphatic hydroxyl groups excluding tert-OH is 1. The van der Waals surface area contributed by atoms with E-state index in [1.54, 1.807) is 0 Å². The van der Waals surface area contributed by atoms with Gasteiger partial charge in [0.25, 0.3) is 0 Å². The Bertz CT molecular complexity index is 1110. The van der Waals surface area contributed by atoms with E-state index in [9.17, 15) is 28.1 Å². The van der Waals surface area contributed by atoms with E-state index in [1.165, 1.54) is 0 Å². The lowest BCUT2D eigenvalue weighted by atomic mass is 10.1. The fourth-order valence-electron chi connectivity index (χ4n) is 2.60. The zero-order valence-corrected chi connectivity index (χ0v) is 17.5. The summed E-state index contributed by atoms with van der Waals surface area (Å²) in [6.07, 6.45) is -4.85. The number of rotatable bonds is 8. The van der Waals surface area contributed by atoms with Gasteiger partial charge in [-0.1, -0.05) is 0 Å². The van der Waals surface area contributed by atoms with Crippen molar-refractivity contribution in [1.29, 1.82) is 0 Å². The smallest absolute Gasteiger partial charge is 0.385 e. The number of anilines is 1. The quantitative estimate of drug-likeness (QED) is 0.241. The number of nitrogens with zero attached hydrogens (tertiary/aromatic N) is 4. The van der Waals surface area contributed by atoms with Gasteiger partial charge in [-0.2, -0.15) is 8.62 Å². The van der Waals surface area contributed by atoms with Crippen molar-refractivity contribution in [2.45, 2.75) is 24.6 Å². The Morgan fingerprint density at radius 1 is 1.13 bits per heavy atom. The Kier molecular flexibility index (Phi) is 6.66. The van der Waals surface area contributed by atoms with Crippen LogP contribution in [0.1, 0.15) is 6.23 Å². The summed E-state index contributed by atoms with van der Waals surface area (Å²) in [5.41, 5.74) is 5.88. The van der Waals surface area contributed by atoms with E-state index in [-0.39, 0.29) is 17.0 Å². The molecule has 2 aromatic heterocycles. The molecule has 174 valence electrons. The fourth-order valence-corrected chi connectivity index (χ4v) is 5.63. The number of aromatic nitrogens is 4. The molecule has 1 aliphatic heterocycles. The largest absolute Gasteiger partial charge is 0.490 e. The topological polar surface area (TPSA) is 259 Å². The molecule has 1 saturated heterocycles. The Hall–Kier alpha value is -1.39. The van der Waals surface area contributed by atoms with Gasteiger partial charge >= 0.3 is 23.5 Å². The normalized spacial score (nSPS) is 28.5. The van der Waals surface area contributed by atoms with Crippen molar-refractivity contribution in [1.82, 2.24) is 19.5 Å². The van der Waals surface area contributed by atoms with Crippen LogP contribution >= 0.6 is 23.5 Å². The first kappa shape index (κ1) is 24.3. The number of hydrogen-bond donors (Lipinski definition) is 6. The molecule has 21 heteroatoms. The summed E-state index contributed by atoms with van der Waals surface area (Å²) in [4.78, 5) is 47.0. The van der Waals surface area contributed by atoms with E-state index in [0.29, 0.717) is 0 Å². The summed E-state index contributed by atoms with van der Waals surface area (Å²) in [6.45, 7) is -1.08. The van der Waals surface area contributed by atoms with Gasteiger partial charge in [-0.05, 0) is 0 Å². The van der Waals surface area contributed by atoms with Crippen LogP contribution < -0.4 is 5.73 Å². The van der Waals surface area contributed by atoms with E-state index < -0.39 is 54.7 Å².